The first-order chi connectivity index (χ1) is 9.84. The molecule has 1 aliphatic carbocycles. The number of pyridine rings is 1. The Balaban J connectivity index is 1.80. The average Bonchev–Trinajstić information content (AvgIpc) is 3.33. The lowest BCUT2D eigenvalue weighted by molar-refractivity contribution is 0.0666. The van der Waals surface area contributed by atoms with Gasteiger partial charge in [0.1, 0.15) is 6.17 Å². The predicted molar refractivity (Wildman–Crippen MR) is 76.2 cm³/mol. The van der Waals surface area contributed by atoms with Gasteiger partial charge in [-0.25, -0.2) is 0 Å². The van der Waals surface area contributed by atoms with Gasteiger partial charge in [0.25, 0.3) is 5.91 Å². The molecule has 2 aromatic rings. The highest BCUT2D eigenvalue weighted by Gasteiger charge is 2.41. The number of rotatable bonds is 2. The zero-order valence-electron chi connectivity index (χ0n) is 11.0. The van der Waals surface area contributed by atoms with Crippen molar-refractivity contribution >= 4 is 11.6 Å². The molecular formula is C16H15N3O. The summed E-state index contributed by atoms with van der Waals surface area (Å²) in [4.78, 5) is 18.8. The van der Waals surface area contributed by atoms with Crippen molar-refractivity contribution in [1.29, 1.82) is 0 Å². The van der Waals surface area contributed by atoms with E-state index in [2.05, 4.69) is 10.3 Å². The third-order valence-electron chi connectivity index (χ3n) is 3.92. The number of fused-ring (bicyclic) bond motifs is 1. The fraction of sp³-hybridized carbons (Fsp3) is 0.250. The predicted octanol–water partition coefficient (Wildman–Crippen LogP) is 2.81. The Kier molecular flexibility index (Phi) is 2.49. The topological polar surface area (TPSA) is 45.2 Å². The van der Waals surface area contributed by atoms with Gasteiger partial charge in [0, 0.05) is 24.1 Å². The van der Waals surface area contributed by atoms with E-state index in [1.165, 1.54) is 0 Å². The molecule has 0 saturated heterocycles. The number of nitrogens with zero attached hydrogens (tertiary/aromatic N) is 2. The van der Waals surface area contributed by atoms with Crippen LogP contribution >= 0.6 is 0 Å². The summed E-state index contributed by atoms with van der Waals surface area (Å²) in [7, 11) is 0. The number of amides is 1. The van der Waals surface area contributed by atoms with E-state index < -0.39 is 0 Å². The minimum absolute atomic E-state index is 0.0899. The minimum atomic E-state index is -0.0899. The molecule has 2 aliphatic rings. The van der Waals surface area contributed by atoms with Crippen molar-refractivity contribution in [3.05, 3.63) is 59.9 Å². The van der Waals surface area contributed by atoms with E-state index in [1.54, 1.807) is 12.4 Å². The van der Waals surface area contributed by atoms with Crippen LogP contribution in [0.5, 0.6) is 0 Å². The number of benzene rings is 1. The Morgan fingerprint density at radius 1 is 1.10 bits per heavy atom. The third kappa shape index (κ3) is 1.76. The van der Waals surface area contributed by atoms with Crippen LogP contribution in [0.25, 0.3) is 0 Å². The fourth-order valence-electron chi connectivity index (χ4n) is 2.79. The number of hydrogen-bond acceptors (Lipinski definition) is 3. The van der Waals surface area contributed by atoms with Crippen LogP contribution in [0.3, 0.4) is 0 Å². The molecule has 1 amide bonds. The number of carbonyl (C=O) groups excluding carboxylic acids is 1. The first kappa shape index (κ1) is 11.5. The molecule has 1 fully saturated rings. The zero-order valence-corrected chi connectivity index (χ0v) is 11.0. The summed E-state index contributed by atoms with van der Waals surface area (Å²) < 4.78 is 0. The monoisotopic (exact) mass is 265 g/mol. The quantitative estimate of drug-likeness (QED) is 0.908. The van der Waals surface area contributed by atoms with Gasteiger partial charge >= 0.3 is 0 Å². The number of aromatic nitrogens is 1. The molecule has 1 atom stereocenters. The van der Waals surface area contributed by atoms with Crippen molar-refractivity contribution in [2.45, 2.75) is 25.0 Å². The number of para-hydroxylation sites is 1. The molecule has 1 N–H and O–H groups in total. The molecule has 0 radical (unpaired) electrons. The number of nitrogens with one attached hydrogen (secondary N) is 1. The van der Waals surface area contributed by atoms with Crippen LogP contribution in [0, 0.1) is 0 Å². The van der Waals surface area contributed by atoms with E-state index in [0.29, 0.717) is 6.04 Å². The molecule has 4 heteroatoms. The van der Waals surface area contributed by atoms with Gasteiger partial charge in [-0.2, -0.15) is 0 Å². The molecule has 100 valence electrons. The minimum Gasteiger partial charge on any atom is -0.361 e. The Morgan fingerprint density at radius 3 is 2.60 bits per heavy atom. The molecule has 1 unspecified atom stereocenters. The zero-order chi connectivity index (χ0) is 13.5. The van der Waals surface area contributed by atoms with Crippen molar-refractivity contribution in [2.24, 2.45) is 0 Å². The van der Waals surface area contributed by atoms with Gasteiger partial charge < -0.3 is 10.2 Å². The second kappa shape index (κ2) is 4.34. The highest BCUT2D eigenvalue weighted by Crippen LogP contribution is 2.40. The first-order valence-corrected chi connectivity index (χ1v) is 6.93. The van der Waals surface area contributed by atoms with Gasteiger partial charge in [0.15, 0.2) is 0 Å². The summed E-state index contributed by atoms with van der Waals surface area (Å²) in [6, 6.07) is 12.0. The fourth-order valence-corrected chi connectivity index (χ4v) is 2.79. The number of carbonyl (C=O) groups is 1. The molecule has 0 bridgehead atoms. The van der Waals surface area contributed by atoms with Crippen molar-refractivity contribution < 1.29 is 4.79 Å². The van der Waals surface area contributed by atoms with E-state index in [4.69, 9.17) is 0 Å². The van der Waals surface area contributed by atoms with Crippen LogP contribution in [0.2, 0.25) is 0 Å². The average molecular weight is 265 g/mol. The maximum Gasteiger partial charge on any atom is 0.258 e. The van der Waals surface area contributed by atoms with E-state index in [-0.39, 0.29) is 12.1 Å². The molecule has 1 aromatic carbocycles. The van der Waals surface area contributed by atoms with Gasteiger partial charge in [0.2, 0.25) is 0 Å². The first-order valence-electron chi connectivity index (χ1n) is 6.93. The Morgan fingerprint density at radius 2 is 1.85 bits per heavy atom. The van der Waals surface area contributed by atoms with Gasteiger partial charge in [0.05, 0.1) is 5.56 Å². The van der Waals surface area contributed by atoms with Gasteiger partial charge in [-0.3, -0.25) is 9.78 Å². The summed E-state index contributed by atoms with van der Waals surface area (Å²) in [5.41, 5.74) is 2.76. The molecule has 1 aliphatic heterocycles. The molecule has 2 heterocycles. The van der Waals surface area contributed by atoms with Gasteiger partial charge in [-0.05, 0) is 42.7 Å². The van der Waals surface area contributed by atoms with E-state index >= 15 is 0 Å². The highest BCUT2D eigenvalue weighted by atomic mass is 16.2. The highest BCUT2D eigenvalue weighted by molar-refractivity contribution is 6.02. The van der Waals surface area contributed by atoms with Crippen LogP contribution < -0.4 is 5.32 Å². The summed E-state index contributed by atoms with van der Waals surface area (Å²) in [5, 5.41) is 3.49. The molecule has 4 nitrogen and oxygen atoms in total. The summed E-state index contributed by atoms with van der Waals surface area (Å²) in [6.07, 6.45) is 5.64. The molecule has 0 spiro atoms. The molecular weight excluding hydrogens is 250 g/mol. The molecule has 1 saturated carbocycles. The number of hydrogen-bond donors (Lipinski definition) is 1. The maximum absolute atomic E-state index is 12.8. The standard InChI is InChI=1S/C16H15N3O/c20-16-13-3-1-2-4-14(13)18-15(19(16)12-5-6-12)11-7-9-17-10-8-11/h1-4,7-10,12,15,18H,5-6H2. The lowest BCUT2D eigenvalue weighted by Crippen LogP contribution is -2.44. The Hall–Kier alpha value is -2.36. The van der Waals surface area contributed by atoms with Gasteiger partial charge in [-0.1, -0.05) is 12.1 Å². The van der Waals surface area contributed by atoms with E-state index in [9.17, 15) is 4.79 Å². The van der Waals surface area contributed by atoms with Crippen molar-refractivity contribution in [3.8, 4) is 0 Å². The SMILES string of the molecule is O=C1c2ccccc2NC(c2ccncc2)N1C1CC1. The second-order valence-electron chi connectivity index (χ2n) is 5.32. The lowest BCUT2D eigenvalue weighted by atomic mass is 10.0. The van der Waals surface area contributed by atoms with Crippen molar-refractivity contribution in [2.75, 3.05) is 5.32 Å². The second-order valence-corrected chi connectivity index (χ2v) is 5.32. The van der Waals surface area contributed by atoms with Gasteiger partial charge in [-0.15, -0.1) is 0 Å². The number of anilines is 1. The van der Waals surface area contributed by atoms with Crippen LogP contribution in [0.1, 0.15) is 34.9 Å². The van der Waals surface area contributed by atoms with E-state index in [1.807, 2.05) is 41.3 Å². The molecule has 1 aromatic heterocycles. The normalized spacial score (nSPS) is 21.3. The summed E-state index contributed by atoms with van der Waals surface area (Å²) in [6.45, 7) is 0. The smallest absolute Gasteiger partial charge is 0.258 e. The maximum atomic E-state index is 12.8. The summed E-state index contributed by atoms with van der Waals surface area (Å²) >= 11 is 0. The van der Waals surface area contributed by atoms with Crippen molar-refractivity contribution in [1.82, 2.24) is 9.88 Å². The van der Waals surface area contributed by atoms with Crippen molar-refractivity contribution in [3.63, 3.8) is 0 Å². The molecule has 4 rings (SSSR count). The lowest BCUT2D eigenvalue weighted by Gasteiger charge is -2.38. The molecule has 20 heavy (non-hydrogen) atoms. The van der Waals surface area contributed by atoms with Crippen LogP contribution in [0.4, 0.5) is 5.69 Å². The Labute approximate surface area is 117 Å². The largest absolute Gasteiger partial charge is 0.361 e. The van der Waals surface area contributed by atoms with Crippen LogP contribution in [0.15, 0.2) is 48.8 Å². The third-order valence-corrected chi connectivity index (χ3v) is 3.92. The van der Waals surface area contributed by atoms with Crippen LogP contribution in [-0.2, 0) is 0 Å². The summed E-state index contributed by atoms with van der Waals surface area (Å²) in [5.74, 6) is 0.128. The van der Waals surface area contributed by atoms with Crippen LogP contribution in [-0.4, -0.2) is 21.8 Å². The van der Waals surface area contributed by atoms with E-state index in [0.717, 1.165) is 29.7 Å². The Bertz CT molecular complexity index is 652.